The van der Waals surface area contributed by atoms with E-state index < -0.39 is 0 Å². The van der Waals surface area contributed by atoms with Gasteiger partial charge in [0.25, 0.3) is 0 Å². The van der Waals surface area contributed by atoms with Gasteiger partial charge in [0.2, 0.25) is 0 Å². The summed E-state index contributed by atoms with van der Waals surface area (Å²) in [6.07, 6.45) is 9.83. The molecule has 0 spiro atoms. The molecule has 1 nitrogen and oxygen atoms in total. The zero-order valence-corrected chi connectivity index (χ0v) is 7.71. The third-order valence-corrected chi connectivity index (χ3v) is 1.35. The average molecular weight is 154 g/mol. The minimum absolute atomic E-state index is 0.634. The van der Waals surface area contributed by atoms with Gasteiger partial charge in [0, 0.05) is 0 Å². The number of hydrogen-bond donors (Lipinski definition) is 0. The second-order valence-electron chi connectivity index (χ2n) is 2.42. The highest BCUT2D eigenvalue weighted by atomic mass is 16.6. The first-order valence-corrected chi connectivity index (χ1v) is 4.20. The van der Waals surface area contributed by atoms with Crippen molar-refractivity contribution in [3.63, 3.8) is 0 Å². The van der Waals surface area contributed by atoms with Crippen LogP contribution >= 0.6 is 0 Å². The Morgan fingerprint density at radius 1 is 1.27 bits per heavy atom. The summed E-state index contributed by atoms with van der Waals surface area (Å²) in [5, 5.41) is 0. The van der Waals surface area contributed by atoms with Crippen LogP contribution in [0.4, 0.5) is 0 Å². The SMILES string of the molecule is C/C=C/C=C/C.CCC1CO1. The summed E-state index contributed by atoms with van der Waals surface area (Å²) in [5.74, 6) is 0. The predicted octanol–water partition coefficient (Wildman–Crippen LogP) is 2.93. The monoisotopic (exact) mass is 154 g/mol. The summed E-state index contributed by atoms with van der Waals surface area (Å²) in [7, 11) is 0. The molecule has 1 atom stereocenters. The van der Waals surface area contributed by atoms with Gasteiger partial charge in [-0.15, -0.1) is 0 Å². The summed E-state index contributed by atoms with van der Waals surface area (Å²) >= 11 is 0. The third-order valence-electron chi connectivity index (χ3n) is 1.35. The van der Waals surface area contributed by atoms with Crippen LogP contribution in [0.5, 0.6) is 0 Å². The molecule has 0 saturated carbocycles. The highest BCUT2D eigenvalue weighted by Crippen LogP contribution is 2.10. The Balaban J connectivity index is 0.000000183. The van der Waals surface area contributed by atoms with Gasteiger partial charge in [-0.05, 0) is 20.3 Å². The Hall–Kier alpha value is -0.560. The minimum Gasteiger partial charge on any atom is -0.373 e. The van der Waals surface area contributed by atoms with Crippen LogP contribution in [0, 0.1) is 0 Å². The molecule has 0 aromatic carbocycles. The molecule has 0 radical (unpaired) electrons. The van der Waals surface area contributed by atoms with Crippen LogP contribution in [-0.2, 0) is 4.74 Å². The first kappa shape index (κ1) is 10.4. The number of allylic oxidation sites excluding steroid dienone is 4. The first-order valence-electron chi connectivity index (χ1n) is 4.20. The van der Waals surface area contributed by atoms with Gasteiger partial charge in [-0.2, -0.15) is 0 Å². The minimum atomic E-state index is 0.634. The van der Waals surface area contributed by atoms with Crippen LogP contribution in [0.25, 0.3) is 0 Å². The van der Waals surface area contributed by atoms with Crippen molar-refractivity contribution < 1.29 is 4.74 Å². The molecule has 0 aromatic heterocycles. The van der Waals surface area contributed by atoms with Gasteiger partial charge >= 0.3 is 0 Å². The fourth-order valence-corrected chi connectivity index (χ4v) is 0.526. The zero-order valence-electron chi connectivity index (χ0n) is 7.71. The summed E-state index contributed by atoms with van der Waals surface area (Å²) in [6.45, 7) is 7.15. The Morgan fingerprint density at radius 2 is 1.73 bits per heavy atom. The molecule has 0 aliphatic carbocycles. The molecule has 1 unspecified atom stereocenters. The van der Waals surface area contributed by atoms with E-state index in [1.54, 1.807) is 0 Å². The number of rotatable bonds is 2. The van der Waals surface area contributed by atoms with Crippen molar-refractivity contribution in [2.75, 3.05) is 6.61 Å². The lowest BCUT2D eigenvalue weighted by atomic mass is 10.4. The van der Waals surface area contributed by atoms with Crippen molar-refractivity contribution in [3.05, 3.63) is 24.3 Å². The third kappa shape index (κ3) is 9.44. The quantitative estimate of drug-likeness (QED) is 0.440. The smallest absolute Gasteiger partial charge is 0.0807 e. The van der Waals surface area contributed by atoms with Gasteiger partial charge in [-0.1, -0.05) is 31.2 Å². The molecule has 1 heterocycles. The van der Waals surface area contributed by atoms with Gasteiger partial charge in [-0.25, -0.2) is 0 Å². The molecule has 1 rings (SSSR count). The largest absolute Gasteiger partial charge is 0.373 e. The van der Waals surface area contributed by atoms with Gasteiger partial charge < -0.3 is 4.74 Å². The molecule has 1 saturated heterocycles. The molecule has 0 bridgehead atoms. The summed E-state index contributed by atoms with van der Waals surface area (Å²) in [6, 6.07) is 0. The molecule has 0 aromatic rings. The molecule has 0 amide bonds. The summed E-state index contributed by atoms with van der Waals surface area (Å²) in [4.78, 5) is 0. The fourth-order valence-electron chi connectivity index (χ4n) is 0.526. The van der Waals surface area contributed by atoms with Gasteiger partial charge in [0.15, 0.2) is 0 Å². The lowest BCUT2D eigenvalue weighted by Crippen LogP contribution is -1.73. The maximum Gasteiger partial charge on any atom is 0.0807 e. The maximum absolute atomic E-state index is 4.86. The van der Waals surface area contributed by atoms with E-state index in [2.05, 4.69) is 6.92 Å². The first-order chi connectivity index (χ1) is 5.35. The second-order valence-corrected chi connectivity index (χ2v) is 2.42. The normalized spacial score (nSPS) is 21.9. The van der Waals surface area contributed by atoms with Gasteiger partial charge in [0.05, 0.1) is 12.7 Å². The number of hydrogen-bond acceptors (Lipinski definition) is 1. The highest BCUT2D eigenvalue weighted by Gasteiger charge is 2.18. The molecule has 64 valence electrons. The Bertz CT molecular complexity index is 111. The second kappa shape index (κ2) is 7.55. The molecule has 1 aliphatic heterocycles. The predicted molar refractivity (Wildman–Crippen MR) is 49.7 cm³/mol. The van der Waals surface area contributed by atoms with Crippen molar-refractivity contribution in [1.82, 2.24) is 0 Å². The zero-order chi connectivity index (χ0) is 8.53. The fraction of sp³-hybridized carbons (Fsp3) is 0.600. The number of epoxide rings is 1. The molecule has 1 fully saturated rings. The van der Waals surface area contributed by atoms with Crippen LogP contribution in [0.3, 0.4) is 0 Å². The highest BCUT2D eigenvalue weighted by molar-refractivity contribution is 4.98. The average Bonchev–Trinajstić information content (AvgIpc) is 2.84. The molecule has 11 heavy (non-hydrogen) atoms. The van der Waals surface area contributed by atoms with E-state index in [-0.39, 0.29) is 0 Å². The maximum atomic E-state index is 4.86. The summed E-state index contributed by atoms with van der Waals surface area (Å²) < 4.78 is 4.86. The van der Waals surface area contributed by atoms with E-state index in [1.165, 1.54) is 6.42 Å². The van der Waals surface area contributed by atoms with Crippen molar-refractivity contribution in [2.24, 2.45) is 0 Å². The molecule has 1 aliphatic rings. The van der Waals surface area contributed by atoms with E-state index >= 15 is 0 Å². The Kier molecular flexibility index (Phi) is 7.16. The van der Waals surface area contributed by atoms with Crippen molar-refractivity contribution in [2.45, 2.75) is 33.3 Å². The van der Waals surface area contributed by atoms with E-state index in [1.807, 2.05) is 38.2 Å². The Labute approximate surface area is 69.8 Å². The van der Waals surface area contributed by atoms with E-state index in [4.69, 9.17) is 4.74 Å². The van der Waals surface area contributed by atoms with Crippen LogP contribution < -0.4 is 0 Å². The van der Waals surface area contributed by atoms with Crippen molar-refractivity contribution >= 4 is 0 Å². The van der Waals surface area contributed by atoms with E-state index in [0.29, 0.717) is 6.10 Å². The van der Waals surface area contributed by atoms with Gasteiger partial charge in [-0.3, -0.25) is 0 Å². The summed E-state index contributed by atoms with van der Waals surface area (Å²) in [5.41, 5.74) is 0. The van der Waals surface area contributed by atoms with Crippen LogP contribution in [0.1, 0.15) is 27.2 Å². The van der Waals surface area contributed by atoms with Crippen molar-refractivity contribution in [3.8, 4) is 0 Å². The molecular formula is C10H18O. The Morgan fingerprint density at radius 3 is 1.82 bits per heavy atom. The van der Waals surface area contributed by atoms with Crippen LogP contribution in [0.15, 0.2) is 24.3 Å². The van der Waals surface area contributed by atoms with E-state index in [0.717, 1.165) is 6.61 Å². The van der Waals surface area contributed by atoms with Crippen LogP contribution in [-0.4, -0.2) is 12.7 Å². The molecule has 0 N–H and O–H groups in total. The lowest BCUT2D eigenvalue weighted by molar-refractivity contribution is 0.403. The van der Waals surface area contributed by atoms with Crippen LogP contribution in [0.2, 0.25) is 0 Å². The topological polar surface area (TPSA) is 12.5 Å². The van der Waals surface area contributed by atoms with Crippen molar-refractivity contribution in [1.29, 1.82) is 0 Å². The lowest BCUT2D eigenvalue weighted by Gasteiger charge is -1.69. The number of ether oxygens (including phenoxy) is 1. The molecule has 1 heteroatoms. The van der Waals surface area contributed by atoms with E-state index in [9.17, 15) is 0 Å². The standard InChI is InChI=1S/C6H10.C4H8O/c1-3-5-6-4-2;1-2-4-3-5-4/h3-6H,1-2H3;4H,2-3H2,1H3/b5-3+,6-4+;. The molecular weight excluding hydrogens is 136 g/mol. The van der Waals surface area contributed by atoms with Gasteiger partial charge in [0.1, 0.15) is 0 Å².